The summed E-state index contributed by atoms with van der Waals surface area (Å²) in [6, 6.07) is 8.48. The van der Waals surface area contributed by atoms with E-state index in [1.807, 2.05) is 0 Å². The number of aromatic hydroxyl groups is 1. The van der Waals surface area contributed by atoms with Gasteiger partial charge in [-0.05, 0) is 35.9 Å². The number of thioether (sulfide) groups is 1. The van der Waals surface area contributed by atoms with Crippen LogP contribution in [0.15, 0.2) is 46.2 Å². The molecule has 136 valence electrons. The molecular weight excluding hydrogens is 362 g/mol. The van der Waals surface area contributed by atoms with E-state index < -0.39 is 10.9 Å². The number of benzene rings is 2. The molecule has 26 heavy (non-hydrogen) atoms. The SMILES string of the molecule is COc1cc(/C=C(/Sc2ccc([N+](=O)[O-])cc2)C(=O)O)cc(OC)c1O. The van der Waals surface area contributed by atoms with Crippen LogP contribution >= 0.6 is 11.8 Å². The van der Waals surface area contributed by atoms with Gasteiger partial charge >= 0.3 is 5.97 Å². The highest BCUT2D eigenvalue weighted by atomic mass is 32.2. The number of carboxylic acid groups (broad SMARTS) is 1. The molecule has 0 spiro atoms. The van der Waals surface area contributed by atoms with E-state index in [0.717, 1.165) is 11.8 Å². The van der Waals surface area contributed by atoms with Crippen LogP contribution in [0.25, 0.3) is 6.08 Å². The lowest BCUT2D eigenvalue weighted by Gasteiger charge is -2.10. The third kappa shape index (κ3) is 4.45. The summed E-state index contributed by atoms with van der Waals surface area (Å²) >= 11 is 0.938. The Bertz CT molecular complexity index is 837. The van der Waals surface area contributed by atoms with Gasteiger partial charge in [0, 0.05) is 17.0 Å². The second-order valence-electron chi connectivity index (χ2n) is 4.94. The van der Waals surface area contributed by atoms with Crippen molar-refractivity contribution in [3.63, 3.8) is 0 Å². The van der Waals surface area contributed by atoms with Crippen molar-refractivity contribution in [3.05, 3.63) is 57.0 Å². The quantitative estimate of drug-likeness (QED) is 0.325. The van der Waals surface area contributed by atoms with Gasteiger partial charge in [0.05, 0.1) is 24.0 Å². The van der Waals surface area contributed by atoms with Gasteiger partial charge in [-0.1, -0.05) is 11.8 Å². The van der Waals surface area contributed by atoms with E-state index in [2.05, 4.69) is 0 Å². The van der Waals surface area contributed by atoms with Crippen LogP contribution in [0.5, 0.6) is 17.2 Å². The fourth-order valence-electron chi connectivity index (χ4n) is 2.05. The summed E-state index contributed by atoms with van der Waals surface area (Å²) in [5.74, 6) is -1.08. The summed E-state index contributed by atoms with van der Waals surface area (Å²) in [5, 5.41) is 30.0. The van der Waals surface area contributed by atoms with Crippen molar-refractivity contribution in [1.82, 2.24) is 0 Å². The number of non-ortho nitro benzene ring substituents is 1. The molecular formula is C17H15NO7S. The number of nitrogens with zero attached hydrogens (tertiary/aromatic N) is 1. The Labute approximate surface area is 152 Å². The number of hydrogen-bond acceptors (Lipinski definition) is 7. The second-order valence-corrected chi connectivity index (χ2v) is 6.06. The monoisotopic (exact) mass is 377 g/mol. The molecule has 0 atom stereocenters. The lowest BCUT2D eigenvalue weighted by Crippen LogP contribution is -1.97. The van der Waals surface area contributed by atoms with E-state index in [4.69, 9.17) is 9.47 Å². The van der Waals surface area contributed by atoms with Crippen molar-refractivity contribution in [3.8, 4) is 17.2 Å². The van der Waals surface area contributed by atoms with E-state index in [0.29, 0.717) is 10.5 Å². The van der Waals surface area contributed by atoms with Gasteiger partial charge in [-0.15, -0.1) is 0 Å². The Kier molecular flexibility index (Phi) is 6.07. The van der Waals surface area contributed by atoms with Gasteiger partial charge in [-0.3, -0.25) is 10.1 Å². The zero-order chi connectivity index (χ0) is 19.3. The number of aliphatic carboxylic acids is 1. The molecule has 0 saturated heterocycles. The molecule has 0 bridgehead atoms. The molecule has 0 aliphatic rings. The van der Waals surface area contributed by atoms with Gasteiger partial charge in [0.1, 0.15) is 0 Å². The average molecular weight is 377 g/mol. The van der Waals surface area contributed by atoms with Crippen molar-refractivity contribution < 1.29 is 29.4 Å². The van der Waals surface area contributed by atoms with Gasteiger partial charge in [0.15, 0.2) is 11.5 Å². The largest absolute Gasteiger partial charge is 0.502 e. The van der Waals surface area contributed by atoms with Gasteiger partial charge in [0.25, 0.3) is 5.69 Å². The van der Waals surface area contributed by atoms with Crippen LogP contribution in [0, 0.1) is 10.1 Å². The van der Waals surface area contributed by atoms with E-state index in [1.54, 1.807) is 0 Å². The number of nitro benzene ring substituents is 1. The van der Waals surface area contributed by atoms with E-state index in [1.165, 1.54) is 56.7 Å². The van der Waals surface area contributed by atoms with Crippen LogP contribution in [-0.2, 0) is 4.79 Å². The molecule has 0 radical (unpaired) electrons. The van der Waals surface area contributed by atoms with E-state index >= 15 is 0 Å². The third-order valence-electron chi connectivity index (χ3n) is 3.29. The van der Waals surface area contributed by atoms with E-state index in [9.17, 15) is 25.1 Å². The Hall–Kier alpha value is -3.20. The zero-order valence-corrected chi connectivity index (χ0v) is 14.6. The fraction of sp³-hybridized carbons (Fsp3) is 0.118. The third-order valence-corrected chi connectivity index (χ3v) is 4.31. The van der Waals surface area contributed by atoms with Crippen LogP contribution in [0.2, 0.25) is 0 Å². The highest BCUT2D eigenvalue weighted by molar-refractivity contribution is 8.04. The number of methoxy groups -OCH3 is 2. The molecule has 2 N–H and O–H groups in total. The minimum atomic E-state index is -1.17. The van der Waals surface area contributed by atoms with Crippen LogP contribution in [0.1, 0.15) is 5.56 Å². The van der Waals surface area contributed by atoms with Gasteiger partial charge < -0.3 is 19.7 Å². The predicted octanol–water partition coefficient (Wildman–Crippen LogP) is 3.54. The molecule has 0 saturated carbocycles. The summed E-state index contributed by atoms with van der Waals surface area (Å²) in [6.07, 6.45) is 1.39. The summed E-state index contributed by atoms with van der Waals surface area (Å²) in [7, 11) is 2.73. The molecule has 9 heteroatoms. The Balaban J connectivity index is 2.37. The predicted molar refractivity (Wildman–Crippen MR) is 95.8 cm³/mol. The molecule has 0 unspecified atom stereocenters. The van der Waals surface area contributed by atoms with Crippen molar-refractivity contribution in [2.75, 3.05) is 14.2 Å². The number of carboxylic acids is 1. The Morgan fingerprint density at radius 3 is 2.12 bits per heavy atom. The molecule has 0 amide bonds. The Morgan fingerprint density at radius 2 is 1.69 bits per heavy atom. The van der Waals surface area contributed by atoms with Gasteiger partial charge in [-0.25, -0.2) is 4.79 Å². The molecule has 0 aliphatic heterocycles. The van der Waals surface area contributed by atoms with E-state index in [-0.39, 0.29) is 27.8 Å². The minimum Gasteiger partial charge on any atom is -0.502 e. The van der Waals surface area contributed by atoms with Gasteiger partial charge in [-0.2, -0.15) is 0 Å². The molecule has 2 aromatic rings. The van der Waals surface area contributed by atoms with Crippen LogP contribution in [0.4, 0.5) is 5.69 Å². The van der Waals surface area contributed by atoms with Crippen molar-refractivity contribution in [1.29, 1.82) is 0 Å². The summed E-state index contributed by atoms with van der Waals surface area (Å²) in [6.45, 7) is 0. The summed E-state index contributed by atoms with van der Waals surface area (Å²) < 4.78 is 10.1. The lowest BCUT2D eigenvalue weighted by molar-refractivity contribution is -0.384. The fourth-order valence-corrected chi connectivity index (χ4v) is 2.85. The molecule has 2 rings (SSSR count). The van der Waals surface area contributed by atoms with Crippen molar-refractivity contribution in [2.24, 2.45) is 0 Å². The maximum Gasteiger partial charge on any atom is 0.342 e. The van der Waals surface area contributed by atoms with Crippen LogP contribution in [-0.4, -0.2) is 35.3 Å². The number of phenolic OH excluding ortho intramolecular Hbond substituents is 1. The Morgan fingerprint density at radius 1 is 1.15 bits per heavy atom. The number of hydrogen-bond donors (Lipinski definition) is 2. The number of ether oxygens (including phenoxy) is 2. The maximum absolute atomic E-state index is 11.6. The number of nitro groups is 1. The maximum atomic E-state index is 11.6. The van der Waals surface area contributed by atoms with Gasteiger partial charge in [0.2, 0.25) is 5.75 Å². The lowest BCUT2D eigenvalue weighted by atomic mass is 10.1. The van der Waals surface area contributed by atoms with Crippen LogP contribution in [0.3, 0.4) is 0 Å². The first-order chi connectivity index (χ1) is 12.3. The summed E-state index contributed by atoms with van der Waals surface area (Å²) in [4.78, 5) is 22.2. The standard InChI is InChI=1S/C17H15NO7S/c1-24-13-7-10(8-14(25-2)16(13)19)9-15(17(20)21)26-12-5-3-11(4-6-12)18(22)23/h3-9,19H,1-2H3,(H,20,21)/b15-9+. The molecule has 2 aromatic carbocycles. The first-order valence-corrected chi connectivity index (χ1v) is 7.99. The van der Waals surface area contributed by atoms with Crippen LogP contribution < -0.4 is 9.47 Å². The summed E-state index contributed by atoms with van der Waals surface area (Å²) in [5.41, 5.74) is 0.367. The second kappa shape index (κ2) is 8.26. The number of phenols is 1. The van der Waals surface area contributed by atoms with Crippen molar-refractivity contribution >= 4 is 29.5 Å². The van der Waals surface area contributed by atoms with Crippen molar-refractivity contribution in [2.45, 2.75) is 4.90 Å². The normalized spacial score (nSPS) is 11.1. The molecule has 0 aliphatic carbocycles. The highest BCUT2D eigenvalue weighted by Gasteiger charge is 2.14. The smallest absolute Gasteiger partial charge is 0.342 e. The molecule has 8 nitrogen and oxygen atoms in total. The topological polar surface area (TPSA) is 119 Å². The number of carbonyl (C=O) groups is 1. The highest BCUT2D eigenvalue weighted by Crippen LogP contribution is 2.38. The molecule has 0 fully saturated rings. The molecule has 0 heterocycles. The first-order valence-electron chi connectivity index (χ1n) is 7.18. The number of rotatable bonds is 7. The minimum absolute atomic E-state index is 0.0198. The molecule has 0 aromatic heterocycles. The first kappa shape index (κ1) is 19.1. The zero-order valence-electron chi connectivity index (χ0n) is 13.8. The average Bonchev–Trinajstić information content (AvgIpc) is 2.62.